The Hall–Kier alpha value is -0.0400. The summed E-state index contributed by atoms with van der Waals surface area (Å²) in [6, 6.07) is 0.660. The predicted octanol–water partition coefficient (Wildman–Crippen LogP) is 3.84. The smallest absolute Gasteiger partial charge is 0.00104 e. The summed E-state index contributed by atoms with van der Waals surface area (Å²) in [4.78, 5) is 0. The molecule has 1 nitrogen and oxygen atoms in total. The summed E-state index contributed by atoms with van der Waals surface area (Å²) in [5.41, 5.74) is 0.783. The highest BCUT2D eigenvalue weighted by molar-refractivity contribution is 5.04. The first-order chi connectivity index (χ1) is 8.12. The molecule has 2 unspecified atom stereocenters. The molecular weight excluding hydrogens is 206 g/mol. The summed E-state index contributed by atoms with van der Waals surface area (Å²) in [5, 5.41) is 3.70. The standard InChI is InChI=1S/C16H29N/c1-4-16-7-12-5-13(8-16)15(10-17-11(2)3)14(6-12)9-16/h11-15,17H,4-10H2,1-3H3. The summed E-state index contributed by atoms with van der Waals surface area (Å²) in [6.45, 7) is 8.29. The van der Waals surface area contributed by atoms with Crippen LogP contribution in [0.1, 0.15) is 59.3 Å². The number of hydrogen-bond acceptors (Lipinski definition) is 1. The molecule has 0 spiro atoms. The third-order valence-electron chi connectivity index (χ3n) is 6.11. The zero-order valence-electron chi connectivity index (χ0n) is 11.8. The van der Waals surface area contributed by atoms with Crippen LogP contribution >= 0.6 is 0 Å². The monoisotopic (exact) mass is 235 g/mol. The molecule has 0 amide bonds. The lowest BCUT2D eigenvalue weighted by molar-refractivity contribution is -0.0959. The zero-order valence-corrected chi connectivity index (χ0v) is 11.8. The SMILES string of the molecule is CCC12CC3CC(C1)C(CNC(C)C)C(C3)C2. The summed E-state index contributed by atoms with van der Waals surface area (Å²) in [6.07, 6.45) is 9.24. The molecule has 17 heavy (non-hydrogen) atoms. The summed E-state index contributed by atoms with van der Waals surface area (Å²) < 4.78 is 0. The van der Waals surface area contributed by atoms with Crippen molar-refractivity contribution in [3.63, 3.8) is 0 Å². The molecule has 4 aliphatic rings. The van der Waals surface area contributed by atoms with Crippen molar-refractivity contribution >= 4 is 0 Å². The van der Waals surface area contributed by atoms with Gasteiger partial charge in [0.15, 0.2) is 0 Å². The van der Waals surface area contributed by atoms with Gasteiger partial charge in [-0.3, -0.25) is 0 Å². The molecule has 4 rings (SSSR count). The maximum Gasteiger partial charge on any atom is 0.00104 e. The van der Waals surface area contributed by atoms with E-state index in [1.807, 2.05) is 0 Å². The topological polar surface area (TPSA) is 12.0 Å². The highest BCUT2D eigenvalue weighted by atomic mass is 14.9. The largest absolute Gasteiger partial charge is 0.314 e. The lowest BCUT2D eigenvalue weighted by atomic mass is 9.45. The lowest BCUT2D eigenvalue weighted by Crippen LogP contribution is -2.53. The van der Waals surface area contributed by atoms with Crippen LogP contribution in [0.3, 0.4) is 0 Å². The minimum atomic E-state index is 0.660. The molecule has 0 aromatic carbocycles. The fraction of sp³-hybridized carbons (Fsp3) is 1.00. The quantitative estimate of drug-likeness (QED) is 0.781. The van der Waals surface area contributed by atoms with Gasteiger partial charge in [0.1, 0.15) is 0 Å². The van der Waals surface area contributed by atoms with Gasteiger partial charge in [0, 0.05) is 6.04 Å². The number of hydrogen-bond donors (Lipinski definition) is 1. The van der Waals surface area contributed by atoms with Crippen LogP contribution in [0.4, 0.5) is 0 Å². The Balaban J connectivity index is 1.70. The van der Waals surface area contributed by atoms with Crippen LogP contribution in [0.5, 0.6) is 0 Å². The molecule has 1 N–H and O–H groups in total. The maximum absolute atomic E-state index is 3.70. The fourth-order valence-electron chi connectivity index (χ4n) is 5.44. The van der Waals surface area contributed by atoms with Crippen molar-refractivity contribution in [1.29, 1.82) is 0 Å². The molecule has 4 aliphatic carbocycles. The van der Waals surface area contributed by atoms with Crippen molar-refractivity contribution in [3.05, 3.63) is 0 Å². The molecule has 1 heteroatoms. The van der Waals surface area contributed by atoms with E-state index in [0.717, 1.165) is 29.1 Å². The minimum Gasteiger partial charge on any atom is -0.314 e. The normalized spacial score (nSPS) is 48.0. The van der Waals surface area contributed by atoms with E-state index in [2.05, 4.69) is 26.1 Å². The third kappa shape index (κ3) is 2.05. The van der Waals surface area contributed by atoms with Crippen molar-refractivity contribution in [1.82, 2.24) is 5.32 Å². The molecule has 98 valence electrons. The van der Waals surface area contributed by atoms with Gasteiger partial charge in [-0.05, 0) is 67.7 Å². The van der Waals surface area contributed by atoms with Crippen LogP contribution in [0.2, 0.25) is 0 Å². The number of rotatable bonds is 4. The second-order valence-corrected chi connectivity index (χ2v) is 7.55. The van der Waals surface area contributed by atoms with Crippen LogP contribution in [-0.2, 0) is 0 Å². The zero-order chi connectivity index (χ0) is 12.0. The van der Waals surface area contributed by atoms with Crippen LogP contribution in [0, 0.1) is 29.1 Å². The maximum atomic E-state index is 3.70. The van der Waals surface area contributed by atoms with Gasteiger partial charge in [-0.25, -0.2) is 0 Å². The first-order valence-electron chi connectivity index (χ1n) is 7.85. The predicted molar refractivity (Wildman–Crippen MR) is 72.9 cm³/mol. The lowest BCUT2D eigenvalue weighted by Gasteiger charge is -2.60. The van der Waals surface area contributed by atoms with E-state index in [9.17, 15) is 0 Å². The van der Waals surface area contributed by atoms with Crippen molar-refractivity contribution in [2.75, 3.05) is 6.54 Å². The summed E-state index contributed by atoms with van der Waals surface area (Å²) >= 11 is 0. The molecule has 0 aromatic heterocycles. The average molecular weight is 235 g/mol. The van der Waals surface area contributed by atoms with Gasteiger partial charge >= 0.3 is 0 Å². The molecule has 0 radical (unpaired) electrons. The Kier molecular flexibility index (Phi) is 3.01. The van der Waals surface area contributed by atoms with E-state index >= 15 is 0 Å². The van der Waals surface area contributed by atoms with Crippen molar-refractivity contribution in [3.8, 4) is 0 Å². The second-order valence-electron chi connectivity index (χ2n) is 7.55. The van der Waals surface area contributed by atoms with E-state index < -0.39 is 0 Å². The van der Waals surface area contributed by atoms with Gasteiger partial charge in [-0.1, -0.05) is 27.2 Å². The third-order valence-corrected chi connectivity index (χ3v) is 6.11. The molecule has 4 fully saturated rings. The minimum absolute atomic E-state index is 0.660. The summed E-state index contributed by atoms with van der Waals surface area (Å²) in [7, 11) is 0. The number of nitrogens with one attached hydrogen (secondary N) is 1. The highest BCUT2D eigenvalue weighted by Crippen LogP contribution is 2.63. The Bertz CT molecular complexity index is 267. The Labute approximate surface area is 107 Å². The van der Waals surface area contributed by atoms with Crippen LogP contribution in [-0.4, -0.2) is 12.6 Å². The van der Waals surface area contributed by atoms with E-state index in [1.165, 1.54) is 13.0 Å². The van der Waals surface area contributed by atoms with Gasteiger partial charge in [-0.2, -0.15) is 0 Å². The molecule has 0 heterocycles. The Morgan fingerprint density at radius 1 is 1.12 bits per heavy atom. The van der Waals surface area contributed by atoms with Crippen LogP contribution in [0.25, 0.3) is 0 Å². The van der Waals surface area contributed by atoms with E-state index in [4.69, 9.17) is 0 Å². The molecule has 0 saturated heterocycles. The van der Waals surface area contributed by atoms with E-state index in [-0.39, 0.29) is 0 Å². The van der Waals surface area contributed by atoms with E-state index in [1.54, 1.807) is 32.1 Å². The fourth-order valence-corrected chi connectivity index (χ4v) is 5.44. The van der Waals surface area contributed by atoms with Gasteiger partial charge in [0.25, 0.3) is 0 Å². The molecule has 4 bridgehead atoms. The molecular formula is C16H29N. The molecule has 0 aliphatic heterocycles. The van der Waals surface area contributed by atoms with E-state index in [0.29, 0.717) is 6.04 Å². The highest BCUT2D eigenvalue weighted by Gasteiger charge is 2.53. The first-order valence-corrected chi connectivity index (χ1v) is 7.85. The van der Waals surface area contributed by atoms with Crippen molar-refractivity contribution < 1.29 is 0 Å². The van der Waals surface area contributed by atoms with Gasteiger partial charge < -0.3 is 5.32 Å². The van der Waals surface area contributed by atoms with Gasteiger partial charge in [-0.15, -0.1) is 0 Å². The second kappa shape index (κ2) is 4.26. The molecule has 4 saturated carbocycles. The first kappa shape index (κ1) is 12.0. The van der Waals surface area contributed by atoms with Gasteiger partial charge in [0.2, 0.25) is 0 Å². The van der Waals surface area contributed by atoms with Gasteiger partial charge in [0.05, 0.1) is 0 Å². The Morgan fingerprint density at radius 2 is 1.76 bits per heavy atom. The summed E-state index contributed by atoms with van der Waals surface area (Å²) in [5.74, 6) is 4.23. The molecule has 2 atom stereocenters. The van der Waals surface area contributed by atoms with Crippen molar-refractivity contribution in [2.24, 2.45) is 29.1 Å². The Morgan fingerprint density at radius 3 is 2.29 bits per heavy atom. The molecule has 0 aromatic rings. The average Bonchev–Trinajstić information content (AvgIpc) is 2.27. The van der Waals surface area contributed by atoms with Crippen LogP contribution < -0.4 is 5.32 Å². The van der Waals surface area contributed by atoms with Crippen LogP contribution in [0.15, 0.2) is 0 Å². The van der Waals surface area contributed by atoms with Crippen molar-refractivity contribution in [2.45, 2.75) is 65.3 Å².